The van der Waals surface area contributed by atoms with Gasteiger partial charge in [0.25, 0.3) is 0 Å². The molecule has 4 rings (SSSR count). The Bertz CT molecular complexity index is 1350. The molecule has 0 fully saturated rings. The first-order valence-corrected chi connectivity index (χ1v) is 11.2. The highest BCUT2D eigenvalue weighted by Gasteiger charge is 2.20. The van der Waals surface area contributed by atoms with E-state index in [4.69, 9.17) is 4.74 Å². The van der Waals surface area contributed by atoms with Gasteiger partial charge in [-0.1, -0.05) is 30.2 Å². The smallest absolute Gasteiger partial charge is 0.304 e. The van der Waals surface area contributed by atoms with Crippen LogP contribution in [0.25, 0.3) is 10.9 Å². The highest BCUT2D eigenvalue weighted by atomic mass is 16.5. The molecule has 0 spiro atoms. The monoisotopic (exact) mass is 453 g/mol. The molecule has 0 amide bonds. The van der Waals surface area contributed by atoms with Gasteiger partial charge in [-0.25, -0.2) is 0 Å². The van der Waals surface area contributed by atoms with Crippen molar-refractivity contribution >= 4 is 16.9 Å². The number of aryl methyl sites for hydroxylation is 2. The maximum Gasteiger partial charge on any atom is 0.304 e. The van der Waals surface area contributed by atoms with Gasteiger partial charge in [0, 0.05) is 30.5 Å². The largest absolute Gasteiger partial charge is 0.485 e. The van der Waals surface area contributed by atoms with Gasteiger partial charge in [-0.3, -0.25) is 14.8 Å². The van der Waals surface area contributed by atoms with E-state index in [1.54, 1.807) is 19.3 Å². The number of H-pyrrole nitrogens is 1. The van der Waals surface area contributed by atoms with Crippen LogP contribution in [0.15, 0.2) is 61.1 Å². The van der Waals surface area contributed by atoms with Crippen molar-refractivity contribution in [3.05, 3.63) is 89.1 Å². The number of nitrogens with zero attached hydrogens (tertiary/aromatic N) is 2. The van der Waals surface area contributed by atoms with Crippen LogP contribution in [0.1, 0.15) is 53.4 Å². The van der Waals surface area contributed by atoms with Crippen LogP contribution in [0.2, 0.25) is 0 Å². The summed E-state index contributed by atoms with van der Waals surface area (Å²) >= 11 is 0. The van der Waals surface area contributed by atoms with Gasteiger partial charge in [0.15, 0.2) is 0 Å². The Balaban J connectivity index is 1.64. The highest BCUT2D eigenvalue weighted by Crippen LogP contribution is 2.32. The number of benzene rings is 2. The summed E-state index contributed by atoms with van der Waals surface area (Å²) in [5.74, 6) is 5.28. The van der Waals surface area contributed by atoms with Crippen molar-refractivity contribution in [2.24, 2.45) is 0 Å². The molecule has 34 heavy (non-hydrogen) atoms. The number of carbonyl (C=O) groups is 1. The molecule has 0 radical (unpaired) electrons. The van der Waals surface area contributed by atoms with Crippen LogP contribution in [0, 0.1) is 25.7 Å². The number of hydrogen-bond donors (Lipinski definition) is 2. The lowest BCUT2D eigenvalue weighted by atomic mass is 9.96. The zero-order valence-corrected chi connectivity index (χ0v) is 19.5. The third-order valence-corrected chi connectivity index (χ3v) is 5.86. The van der Waals surface area contributed by atoms with Crippen LogP contribution in [0.4, 0.5) is 0 Å². The van der Waals surface area contributed by atoms with E-state index >= 15 is 0 Å². The predicted molar refractivity (Wildman–Crippen MR) is 132 cm³/mol. The maximum atomic E-state index is 11.2. The molecule has 0 saturated heterocycles. The van der Waals surface area contributed by atoms with Crippen LogP contribution in [-0.4, -0.2) is 26.0 Å². The Morgan fingerprint density at radius 2 is 1.88 bits per heavy atom. The first kappa shape index (κ1) is 23.1. The van der Waals surface area contributed by atoms with Crippen LogP contribution >= 0.6 is 0 Å². The summed E-state index contributed by atoms with van der Waals surface area (Å²) in [7, 11) is 0. The zero-order chi connectivity index (χ0) is 24.1. The zero-order valence-electron chi connectivity index (χ0n) is 19.5. The number of hydrogen-bond acceptors (Lipinski definition) is 4. The van der Waals surface area contributed by atoms with Gasteiger partial charge in [0.1, 0.15) is 11.9 Å². The summed E-state index contributed by atoms with van der Waals surface area (Å²) in [6.45, 7) is 5.72. The van der Waals surface area contributed by atoms with E-state index < -0.39 is 5.97 Å². The number of carboxylic acid groups (broad SMARTS) is 1. The minimum Gasteiger partial charge on any atom is -0.485 e. The van der Waals surface area contributed by atoms with E-state index in [1.807, 2.05) is 37.4 Å². The van der Waals surface area contributed by atoms with Gasteiger partial charge in [-0.05, 0) is 61.0 Å². The van der Waals surface area contributed by atoms with Gasteiger partial charge >= 0.3 is 5.97 Å². The second-order valence-corrected chi connectivity index (χ2v) is 8.30. The molecule has 2 aromatic heterocycles. The molecule has 4 aromatic rings. The number of rotatable bonds is 8. The third kappa shape index (κ3) is 5.26. The maximum absolute atomic E-state index is 11.2. The minimum atomic E-state index is -0.873. The van der Waals surface area contributed by atoms with E-state index in [0.29, 0.717) is 12.2 Å². The fourth-order valence-electron chi connectivity index (χ4n) is 4.12. The van der Waals surface area contributed by atoms with Crippen LogP contribution < -0.4 is 4.74 Å². The molecular weight excluding hydrogens is 426 g/mol. The van der Waals surface area contributed by atoms with Gasteiger partial charge in [-0.15, -0.1) is 5.92 Å². The summed E-state index contributed by atoms with van der Waals surface area (Å²) in [6.07, 6.45) is 5.74. The van der Waals surface area contributed by atoms with Crippen molar-refractivity contribution in [3.63, 3.8) is 0 Å². The number of nitrogens with one attached hydrogen (secondary N) is 1. The molecule has 2 aromatic carbocycles. The number of aromatic nitrogens is 3. The molecule has 6 nitrogen and oxygen atoms in total. The van der Waals surface area contributed by atoms with Gasteiger partial charge in [0.2, 0.25) is 0 Å². The standard InChI is InChI=1S/C28H27N3O3/c1-4-5-22(14-27(32)33)20-6-9-24(10-7-20)34-26(15-23-17-30-18(2)16-31-23)25-11-8-21-12-13-29-28(21)19(25)3/h6-13,16-17,22,26,29H,14-15H2,1-3H3,(H,32,33). The quantitative estimate of drug-likeness (QED) is 0.343. The summed E-state index contributed by atoms with van der Waals surface area (Å²) in [4.78, 5) is 23.5. The molecule has 0 aliphatic heterocycles. The van der Waals surface area contributed by atoms with Crippen LogP contribution in [0.3, 0.4) is 0 Å². The first-order chi connectivity index (χ1) is 16.4. The van der Waals surface area contributed by atoms with Crippen molar-refractivity contribution in [2.45, 2.75) is 45.6 Å². The predicted octanol–water partition coefficient (Wildman–Crippen LogP) is 5.52. The highest BCUT2D eigenvalue weighted by molar-refractivity contribution is 5.83. The average Bonchev–Trinajstić information content (AvgIpc) is 3.30. The van der Waals surface area contributed by atoms with E-state index in [9.17, 15) is 9.90 Å². The molecule has 172 valence electrons. The van der Waals surface area contributed by atoms with E-state index in [0.717, 1.165) is 39.0 Å². The summed E-state index contributed by atoms with van der Waals surface area (Å²) in [5.41, 5.74) is 5.86. The van der Waals surface area contributed by atoms with Crippen molar-refractivity contribution in [3.8, 4) is 17.6 Å². The Labute approximate surface area is 199 Å². The SMILES string of the molecule is CC#CC(CC(=O)O)c1ccc(OC(Cc2cnc(C)cn2)c2ccc3cc[nH]c3c2C)cc1. The second-order valence-electron chi connectivity index (χ2n) is 8.30. The fourth-order valence-corrected chi connectivity index (χ4v) is 4.12. The molecule has 0 aliphatic rings. The van der Waals surface area contributed by atoms with E-state index in [2.05, 4.69) is 51.9 Å². The number of fused-ring (bicyclic) bond motifs is 1. The van der Waals surface area contributed by atoms with Crippen molar-refractivity contribution in [2.75, 3.05) is 0 Å². The molecular formula is C28H27N3O3. The van der Waals surface area contributed by atoms with Crippen molar-refractivity contribution in [1.82, 2.24) is 15.0 Å². The number of carboxylic acids is 1. The lowest BCUT2D eigenvalue weighted by Crippen LogP contribution is -2.14. The topological polar surface area (TPSA) is 88.1 Å². The molecule has 2 unspecified atom stereocenters. The Kier molecular flexibility index (Phi) is 6.93. The Hall–Kier alpha value is -4.11. The minimum absolute atomic E-state index is 0.0366. The number of aromatic amines is 1. The first-order valence-electron chi connectivity index (χ1n) is 11.2. The lowest BCUT2D eigenvalue weighted by Gasteiger charge is -2.22. The summed E-state index contributed by atoms with van der Waals surface area (Å²) in [6, 6.07) is 13.8. The molecule has 0 saturated carbocycles. The molecule has 0 aliphatic carbocycles. The van der Waals surface area contributed by atoms with E-state index in [-0.39, 0.29) is 18.4 Å². The molecule has 2 heterocycles. The van der Waals surface area contributed by atoms with Gasteiger partial charge in [0.05, 0.1) is 23.7 Å². The van der Waals surface area contributed by atoms with Gasteiger partial charge in [-0.2, -0.15) is 0 Å². The third-order valence-electron chi connectivity index (χ3n) is 5.86. The van der Waals surface area contributed by atoms with Crippen molar-refractivity contribution < 1.29 is 14.6 Å². The second kappa shape index (κ2) is 10.2. The Morgan fingerprint density at radius 1 is 1.09 bits per heavy atom. The molecule has 6 heteroatoms. The van der Waals surface area contributed by atoms with Crippen LogP contribution in [0.5, 0.6) is 5.75 Å². The average molecular weight is 454 g/mol. The van der Waals surface area contributed by atoms with Gasteiger partial charge < -0.3 is 14.8 Å². The van der Waals surface area contributed by atoms with Crippen LogP contribution in [-0.2, 0) is 11.2 Å². The molecule has 2 N–H and O–H groups in total. The van der Waals surface area contributed by atoms with Crippen molar-refractivity contribution in [1.29, 1.82) is 0 Å². The number of ether oxygens (including phenoxy) is 1. The Morgan fingerprint density at radius 3 is 2.56 bits per heavy atom. The normalized spacial score (nSPS) is 12.6. The molecule has 0 bridgehead atoms. The molecule has 2 atom stereocenters. The number of aliphatic carboxylic acids is 1. The lowest BCUT2D eigenvalue weighted by molar-refractivity contribution is -0.137. The summed E-state index contributed by atoms with van der Waals surface area (Å²) in [5, 5.41) is 10.4. The fraction of sp³-hybridized carbons (Fsp3) is 0.250. The summed E-state index contributed by atoms with van der Waals surface area (Å²) < 4.78 is 6.48. The van der Waals surface area contributed by atoms with E-state index in [1.165, 1.54) is 0 Å².